The van der Waals surface area contributed by atoms with Crippen LogP contribution in [-0.2, 0) is 4.43 Å². The molecule has 0 spiro atoms. The molecule has 0 aromatic rings. The van der Waals surface area contributed by atoms with Crippen LogP contribution in [0.25, 0.3) is 0 Å². The zero-order valence-corrected chi connectivity index (χ0v) is 10.6. The predicted molar refractivity (Wildman–Crippen MR) is 59.3 cm³/mol. The molecule has 74 valence electrons. The summed E-state index contributed by atoms with van der Waals surface area (Å²) in [4.78, 5) is 0. The molecule has 2 nitrogen and oxygen atoms in total. The van der Waals surface area contributed by atoms with Crippen LogP contribution in [-0.4, -0.2) is 24.9 Å². The Morgan fingerprint density at radius 2 is 2.15 bits per heavy atom. The first-order valence-corrected chi connectivity index (χ1v) is 9.08. The van der Waals surface area contributed by atoms with Gasteiger partial charge in [0.25, 0.3) is 0 Å². The molecule has 13 heavy (non-hydrogen) atoms. The van der Waals surface area contributed by atoms with E-state index in [2.05, 4.69) is 32.6 Å². The van der Waals surface area contributed by atoms with Gasteiger partial charge in [0.1, 0.15) is 0 Å². The van der Waals surface area contributed by atoms with Gasteiger partial charge in [-0.3, -0.25) is 0 Å². The van der Waals surface area contributed by atoms with Gasteiger partial charge in [-0.2, -0.15) is 17.0 Å². The Morgan fingerprint density at radius 3 is 2.46 bits per heavy atom. The van der Waals surface area contributed by atoms with Crippen LogP contribution in [0.2, 0.25) is 19.6 Å². The zero-order chi connectivity index (χ0) is 10.1. The minimum atomic E-state index is -1.59. The van der Waals surface area contributed by atoms with E-state index in [1.54, 1.807) is 0 Å². The Bertz CT molecular complexity index is 233. The molecule has 0 N–H and O–H groups in total. The van der Waals surface area contributed by atoms with Gasteiger partial charge in [0.15, 0.2) is 13.9 Å². The highest BCUT2D eigenvalue weighted by molar-refractivity contribution is 8.00. The maximum Gasteiger partial charge on any atom is 0.185 e. The van der Waals surface area contributed by atoms with Crippen LogP contribution in [0.5, 0.6) is 0 Å². The average Bonchev–Trinajstić information content (AvgIpc) is 2.30. The summed E-state index contributed by atoms with van der Waals surface area (Å²) in [6, 6.07) is 2.38. The monoisotopic (exact) mass is 215 g/mol. The number of thioether (sulfide) groups is 1. The fraction of sp³-hybridized carbons (Fsp3) is 0.889. The van der Waals surface area contributed by atoms with Crippen LogP contribution in [0.1, 0.15) is 13.3 Å². The van der Waals surface area contributed by atoms with Gasteiger partial charge in [0.2, 0.25) is 0 Å². The van der Waals surface area contributed by atoms with Crippen molar-refractivity contribution in [3.8, 4) is 6.07 Å². The van der Waals surface area contributed by atoms with E-state index in [9.17, 15) is 5.26 Å². The molecule has 2 atom stereocenters. The highest BCUT2D eigenvalue weighted by atomic mass is 32.2. The molecule has 0 saturated carbocycles. The molecule has 1 rings (SSSR count). The molecule has 1 aliphatic rings. The van der Waals surface area contributed by atoms with Crippen molar-refractivity contribution in [2.75, 3.05) is 5.75 Å². The smallest absolute Gasteiger partial charge is 0.185 e. The van der Waals surface area contributed by atoms with Crippen molar-refractivity contribution in [2.24, 2.45) is 0 Å². The maximum absolute atomic E-state index is 9.18. The standard InChI is InChI=1S/C9H17NOSSi/c1-8-9(7-10,5-6-12-8)11-13(2,3)4/h8H,5-6H2,1-4H3. The van der Waals surface area contributed by atoms with Gasteiger partial charge in [-0.15, -0.1) is 0 Å². The van der Waals surface area contributed by atoms with Gasteiger partial charge in [-0.05, 0) is 38.7 Å². The van der Waals surface area contributed by atoms with Gasteiger partial charge in [0, 0.05) is 5.25 Å². The van der Waals surface area contributed by atoms with E-state index in [1.165, 1.54) is 0 Å². The van der Waals surface area contributed by atoms with Gasteiger partial charge in [-0.25, -0.2) is 0 Å². The molecule has 1 fully saturated rings. The second-order valence-electron chi connectivity index (χ2n) is 4.48. The highest BCUT2D eigenvalue weighted by Gasteiger charge is 2.45. The molecular formula is C9H17NOSSi. The molecule has 0 bridgehead atoms. The molecule has 4 heteroatoms. The Kier molecular flexibility index (Phi) is 3.11. The number of rotatable bonds is 2. The van der Waals surface area contributed by atoms with Crippen molar-refractivity contribution in [3.63, 3.8) is 0 Å². The molecule has 0 radical (unpaired) electrons. The Labute approximate surface area is 85.8 Å². The number of nitrogens with zero attached hydrogens (tertiary/aromatic N) is 1. The average molecular weight is 215 g/mol. The van der Waals surface area contributed by atoms with Crippen molar-refractivity contribution in [3.05, 3.63) is 0 Å². The Morgan fingerprint density at radius 1 is 1.54 bits per heavy atom. The lowest BCUT2D eigenvalue weighted by Crippen LogP contribution is -2.45. The normalized spacial score (nSPS) is 34.5. The van der Waals surface area contributed by atoms with Crippen LogP contribution < -0.4 is 0 Å². The van der Waals surface area contributed by atoms with Crippen LogP contribution in [0.4, 0.5) is 0 Å². The molecule has 1 saturated heterocycles. The lowest BCUT2D eigenvalue weighted by molar-refractivity contribution is 0.125. The summed E-state index contributed by atoms with van der Waals surface area (Å²) in [7, 11) is -1.59. The molecule has 1 heterocycles. The van der Waals surface area contributed by atoms with Gasteiger partial charge in [-0.1, -0.05) is 0 Å². The van der Waals surface area contributed by atoms with Gasteiger partial charge in [0.05, 0.1) is 6.07 Å². The lowest BCUT2D eigenvalue weighted by Gasteiger charge is -2.32. The molecule has 0 aromatic heterocycles. The van der Waals surface area contributed by atoms with Crippen molar-refractivity contribution < 1.29 is 4.43 Å². The van der Waals surface area contributed by atoms with E-state index in [0.29, 0.717) is 5.25 Å². The SMILES string of the molecule is CC1SCCC1(C#N)O[Si](C)(C)C. The molecular weight excluding hydrogens is 198 g/mol. The second-order valence-corrected chi connectivity index (χ2v) is 10.4. The van der Waals surface area contributed by atoms with E-state index in [-0.39, 0.29) is 0 Å². The van der Waals surface area contributed by atoms with Crippen molar-refractivity contribution in [2.45, 2.75) is 43.8 Å². The zero-order valence-electron chi connectivity index (χ0n) is 8.76. The topological polar surface area (TPSA) is 33.0 Å². The van der Waals surface area contributed by atoms with E-state index in [0.717, 1.165) is 12.2 Å². The summed E-state index contributed by atoms with van der Waals surface area (Å²) in [5, 5.41) is 9.51. The first-order chi connectivity index (χ1) is 5.90. The Hall–Kier alpha value is 0.0169. The summed E-state index contributed by atoms with van der Waals surface area (Å²) in [6.45, 7) is 8.52. The maximum atomic E-state index is 9.18. The first kappa shape index (κ1) is 11.1. The van der Waals surface area contributed by atoms with Crippen LogP contribution >= 0.6 is 11.8 Å². The third-order valence-corrected chi connectivity index (χ3v) is 4.47. The molecule has 0 aliphatic carbocycles. The van der Waals surface area contributed by atoms with Crippen molar-refractivity contribution in [1.29, 1.82) is 5.26 Å². The predicted octanol–water partition coefficient (Wildman–Crippen LogP) is 2.63. The highest BCUT2D eigenvalue weighted by Crippen LogP contribution is 2.39. The quantitative estimate of drug-likeness (QED) is 0.664. The fourth-order valence-corrected chi connectivity index (χ4v) is 4.34. The Balaban J connectivity index is 2.78. The second kappa shape index (κ2) is 3.64. The van der Waals surface area contributed by atoms with Gasteiger partial charge >= 0.3 is 0 Å². The molecule has 0 aromatic carbocycles. The molecule has 2 unspecified atom stereocenters. The van der Waals surface area contributed by atoms with Crippen LogP contribution in [0.15, 0.2) is 0 Å². The number of hydrogen-bond donors (Lipinski definition) is 0. The van der Waals surface area contributed by atoms with E-state index in [4.69, 9.17) is 4.43 Å². The third-order valence-electron chi connectivity index (χ3n) is 2.18. The summed E-state index contributed by atoms with van der Waals surface area (Å²) < 4.78 is 6.00. The lowest BCUT2D eigenvalue weighted by atomic mass is 10.0. The summed E-state index contributed by atoms with van der Waals surface area (Å²) in [5.74, 6) is 1.05. The van der Waals surface area contributed by atoms with Crippen LogP contribution in [0.3, 0.4) is 0 Å². The number of hydrogen-bond acceptors (Lipinski definition) is 3. The summed E-state index contributed by atoms with van der Waals surface area (Å²) >= 11 is 1.84. The summed E-state index contributed by atoms with van der Waals surface area (Å²) in [6.07, 6.45) is 0.888. The minimum absolute atomic E-state index is 0.323. The largest absolute Gasteiger partial charge is 0.399 e. The summed E-state index contributed by atoms with van der Waals surface area (Å²) in [5.41, 5.74) is -0.491. The van der Waals surface area contributed by atoms with Crippen molar-refractivity contribution >= 4 is 20.1 Å². The molecule has 0 amide bonds. The fourth-order valence-electron chi connectivity index (χ4n) is 1.58. The minimum Gasteiger partial charge on any atom is -0.399 e. The van der Waals surface area contributed by atoms with Gasteiger partial charge < -0.3 is 4.43 Å². The van der Waals surface area contributed by atoms with E-state index >= 15 is 0 Å². The van der Waals surface area contributed by atoms with Crippen molar-refractivity contribution in [1.82, 2.24) is 0 Å². The van der Waals surface area contributed by atoms with E-state index in [1.807, 2.05) is 11.8 Å². The molecule has 1 aliphatic heterocycles. The van der Waals surface area contributed by atoms with E-state index < -0.39 is 13.9 Å². The number of nitriles is 1. The first-order valence-electron chi connectivity index (χ1n) is 4.63. The third kappa shape index (κ3) is 2.49. The van der Waals surface area contributed by atoms with Crippen LogP contribution in [0, 0.1) is 11.3 Å².